The minimum Gasteiger partial charge on any atom is -0.382 e. The van der Waals surface area contributed by atoms with Crippen LogP contribution < -0.4 is 22.1 Å². The van der Waals surface area contributed by atoms with E-state index in [9.17, 15) is 0 Å². The molecule has 3 fully saturated rings. The highest BCUT2D eigenvalue weighted by Crippen LogP contribution is 2.55. The topological polar surface area (TPSA) is 120 Å². The van der Waals surface area contributed by atoms with E-state index in [4.69, 9.17) is 28.8 Å². The van der Waals surface area contributed by atoms with E-state index >= 15 is 0 Å². The molecule has 1 unspecified atom stereocenters. The Hall–Kier alpha value is -1.77. The summed E-state index contributed by atoms with van der Waals surface area (Å²) in [6.45, 7) is 1.91. The van der Waals surface area contributed by atoms with Crippen molar-refractivity contribution in [2.75, 3.05) is 29.5 Å². The number of hydrogen-bond donors (Lipinski definition) is 3. The Morgan fingerprint density at radius 3 is 2.53 bits per heavy atom. The highest BCUT2D eigenvalue weighted by molar-refractivity contribution is 7.99. The molecule has 2 aliphatic carbocycles. The van der Waals surface area contributed by atoms with Gasteiger partial charge in [0, 0.05) is 30.2 Å². The lowest BCUT2D eigenvalue weighted by molar-refractivity contribution is 0.178. The molecule has 9 heteroatoms. The molecule has 0 aromatic carbocycles. The molecule has 7 nitrogen and oxygen atoms in total. The Morgan fingerprint density at radius 2 is 1.83 bits per heavy atom. The Labute approximate surface area is 186 Å². The van der Waals surface area contributed by atoms with Gasteiger partial charge >= 0.3 is 0 Å². The largest absolute Gasteiger partial charge is 0.382 e. The van der Waals surface area contributed by atoms with Crippen molar-refractivity contribution in [1.29, 1.82) is 0 Å². The molecule has 3 heterocycles. The first kappa shape index (κ1) is 20.2. The normalized spacial score (nSPS) is 25.7. The fraction of sp³-hybridized carbons (Fsp3) is 0.571. The lowest BCUT2D eigenvalue weighted by Gasteiger charge is -2.43. The zero-order valence-corrected chi connectivity index (χ0v) is 18.5. The number of rotatable bonds is 4. The van der Waals surface area contributed by atoms with E-state index in [1.54, 1.807) is 18.5 Å². The number of piperidine rings is 1. The fourth-order valence-electron chi connectivity index (χ4n) is 5.31. The third-order valence-corrected chi connectivity index (χ3v) is 8.87. The minimum atomic E-state index is 0.293. The SMILES string of the molecule is Nc1nc(N2CCC3(CCC(C4CC4)[C@H]3N)CC2)cnc1Sc1ccnc(N)c1Cl. The molecule has 0 radical (unpaired) electrons. The Balaban J connectivity index is 1.26. The van der Waals surface area contributed by atoms with Gasteiger partial charge in [-0.1, -0.05) is 23.4 Å². The van der Waals surface area contributed by atoms with Crippen LogP contribution in [0.5, 0.6) is 0 Å². The minimum absolute atomic E-state index is 0.293. The average molecular weight is 446 g/mol. The standard InChI is InChI=1S/C21H28ClN7S/c22-16-14(4-8-26-18(16)24)30-20-19(25)28-15(11-27-20)29-9-6-21(7-10-29)5-3-13(17(21)23)12-1-2-12/h4,8,11-13,17H,1-3,5-7,9-10,23H2,(H2,24,26)(H2,25,28)/t13?,17-/m1/s1. The van der Waals surface area contributed by atoms with Crippen LogP contribution in [0.2, 0.25) is 5.02 Å². The molecule has 30 heavy (non-hydrogen) atoms. The van der Waals surface area contributed by atoms with Gasteiger partial charge < -0.3 is 22.1 Å². The summed E-state index contributed by atoms with van der Waals surface area (Å²) in [7, 11) is 0. The monoisotopic (exact) mass is 445 g/mol. The molecule has 2 aromatic heterocycles. The van der Waals surface area contributed by atoms with E-state index in [1.807, 2.05) is 0 Å². The predicted octanol–water partition coefficient (Wildman–Crippen LogP) is 3.57. The summed E-state index contributed by atoms with van der Waals surface area (Å²) in [5.41, 5.74) is 19.1. The third-order valence-electron chi connectivity index (χ3n) is 7.29. The lowest BCUT2D eigenvalue weighted by Crippen LogP contribution is -2.49. The van der Waals surface area contributed by atoms with Gasteiger partial charge in [0.1, 0.15) is 16.7 Å². The van der Waals surface area contributed by atoms with Crippen LogP contribution in [0.1, 0.15) is 38.5 Å². The average Bonchev–Trinajstić information content (AvgIpc) is 3.54. The fourth-order valence-corrected chi connectivity index (χ4v) is 6.32. The summed E-state index contributed by atoms with van der Waals surface area (Å²) in [6, 6.07) is 2.15. The highest BCUT2D eigenvalue weighted by atomic mass is 35.5. The third kappa shape index (κ3) is 3.59. The van der Waals surface area contributed by atoms with Crippen molar-refractivity contribution >= 4 is 40.8 Å². The second-order valence-corrected chi connectivity index (χ2v) is 10.4. The van der Waals surface area contributed by atoms with Crippen molar-refractivity contribution in [2.24, 2.45) is 23.0 Å². The Morgan fingerprint density at radius 1 is 1.07 bits per heavy atom. The molecule has 1 aliphatic heterocycles. The first-order valence-electron chi connectivity index (χ1n) is 10.7. The summed E-state index contributed by atoms with van der Waals surface area (Å²) in [6.07, 6.45) is 11.0. The Kier molecular flexibility index (Phi) is 5.19. The summed E-state index contributed by atoms with van der Waals surface area (Å²) < 4.78 is 0. The maximum atomic E-state index is 6.76. The number of pyridine rings is 1. The van der Waals surface area contributed by atoms with Gasteiger partial charge in [0.2, 0.25) is 0 Å². The zero-order chi connectivity index (χ0) is 20.9. The van der Waals surface area contributed by atoms with Crippen molar-refractivity contribution in [2.45, 2.75) is 54.5 Å². The van der Waals surface area contributed by atoms with Gasteiger partial charge in [-0.05, 0) is 61.8 Å². The second-order valence-electron chi connectivity index (χ2n) is 8.94. The first-order chi connectivity index (χ1) is 14.5. The zero-order valence-electron chi connectivity index (χ0n) is 16.9. The maximum Gasteiger partial charge on any atom is 0.158 e. The molecule has 2 saturated carbocycles. The number of halogens is 1. The van der Waals surface area contributed by atoms with Gasteiger partial charge in [-0.15, -0.1) is 0 Å². The highest BCUT2D eigenvalue weighted by Gasteiger charge is 2.51. The first-order valence-corrected chi connectivity index (χ1v) is 11.9. The molecule has 0 bridgehead atoms. The number of aromatic nitrogens is 3. The van der Waals surface area contributed by atoms with Crippen molar-refractivity contribution in [3.05, 3.63) is 23.5 Å². The van der Waals surface area contributed by atoms with Crippen molar-refractivity contribution in [3.63, 3.8) is 0 Å². The summed E-state index contributed by atoms with van der Waals surface area (Å²) in [5, 5.41) is 1.02. The van der Waals surface area contributed by atoms with Crippen LogP contribution in [0.15, 0.2) is 28.4 Å². The molecular formula is C21H28ClN7S. The predicted molar refractivity (Wildman–Crippen MR) is 122 cm³/mol. The van der Waals surface area contributed by atoms with Crippen molar-refractivity contribution in [1.82, 2.24) is 15.0 Å². The molecule has 1 saturated heterocycles. The van der Waals surface area contributed by atoms with Gasteiger partial charge in [0.25, 0.3) is 0 Å². The van der Waals surface area contributed by atoms with Crippen LogP contribution in [0.4, 0.5) is 17.5 Å². The lowest BCUT2D eigenvalue weighted by atomic mass is 9.73. The van der Waals surface area contributed by atoms with Crippen molar-refractivity contribution in [3.8, 4) is 0 Å². The number of hydrogen-bond acceptors (Lipinski definition) is 8. The van der Waals surface area contributed by atoms with E-state index in [0.29, 0.717) is 33.1 Å². The number of nitrogens with two attached hydrogens (primary N) is 3. The van der Waals surface area contributed by atoms with Crippen LogP contribution in [-0.4, -0.2) is 34.1 Å². The van der Waals surface area contributed by atoms with E-state index in [0.717, 1.165) is 48.5 Å². The molecule has 2 atom stereocenters. The Bertz CT molecular complexity index is 943. The number of anilines is 3. The van der Waals surface area contributed by atoms with E-state index in [2.05, 4.69) is 19.9 Å². The summed E-state index contributed by atoms with van der Waals surface area (Å²) in [5.74, 6) is 3.17. The molecule has 5 rings (SSSR count). The van der Waals surface area contributed by atoms with E-state index in [-0.39, 0.29) is 0 Å². The molecule has 6 N–H and O–H groups in total. The van der Waals surface area contributed by atoms with Gasteiger partial charge in [-0.3, -0.25) is 0 Å². The second kappa shape index (κ2) is 7.73. The van der Waals surface area contributed by atoms with E-state index in [1.165, 1.54) is 37.4 Å². The smallest absolute Gasteiger partial charge is 0.158 e. The quantitative estimate of drug-likeness (QED) is 0.653. The molecule has 1 spiro atoms. The summed E-state index contributed by atoms with van der Waals surface area (Å²) >= 11 is 7.59. The van der Waals surface area contributed by atoms with Crippen LogP contribution in [0.3, 0.4) is 0 Å². The van der Waals surface area contributed by atoms with Crippen LogP contribution in [0, 0.1) is 17.3 Å². The van der Waals surface area contributed by atoms with Gasteiger partial charge in [0.05, 0.1) is 11.2 Å². The maximum absolute atomic E-state index is 6.76. The number of nitrogens with zero attached hydrogens (tertiary/aromatic N) is 4. The van der Waals surface area contributed by atoms with Gasteiger partial charge in [0.15, 0.2) is 5.82 Å². The molecule has 3 aliphatic rings. The molecule has 160 valence electrons. The summed E-state index contributed by atoms with van der Waals surface area (Å²) in [4.78, 5) is 16.2. The van der Waals surface area contributed by atoms with Gasteiger partial charge in [-0.2, -0.15) is 0 Å². The van der Waals surface area contributed by atoms with E-state index < -0.39 is 0 Å². The molecular weight excluding hydrogens is 418 g/mol. The van der Waals surface area contributed by atoms with Crippen LogP contribution in [-0.2, 0) is 0 Å². The molecule has 2 aromatic rings. The number of nitrogen functional groups attached to an aromatic ring is 2. The molecule has 0 amide bonds. The van der Waals surface area contributed by atoms with Crippen molar-refractivity contribution < 1.29 is 0 Å². The van der Waals surface area contributed by atoms with Crippen LogP contribution in [0.25, 0.3) is 0 Å². The van der Waals surface area contributed by atoms with Crippen LogP contribution >= 0.6 is 23.4 Å². The van der Waals surface area contributed by atoms with Gasteiger partial charge in [-0.25, -0.2) is 15.0 Å².